The Balaban J connectivity index is 1.44. The molecule has 0 aliphatic carbocycles. The summed E-state index contributed by atoms with van der Waals surface area (Å²) in [5, 5.41) is 6.33. The summed E-state index contributed by atoms with van der Waals surface area (Å²) in [4.78, 5) is 12.7. The summed E-state index contributed by atoms with van der Waals surface area (Å²) in [5.41, 5.74) is 3.98. The number of benzene rings is 3. The second-order valence-electron chi connectivity index (χ2n) is 7.87. The van der Waals surface area contributed by atoms with E-state index < -0.39 is 0 Å². The van der Waals surface area contributed by atoms with Gasteiger partial charge in [0, 0.05) is 25.1 Å². The summed E-state index contributed by atoms with van der Waals surface area (Å²) in [7, 11) is 0. The van der Waals surface area contributed by atoms with E-state index in [4.69, 9.17) is 14.2 Å². The number of amides is 1. The van der Waals surface area contributed by atoms with Gasteiger partial charge in [0.05, 0.1) is 19.8 Å². The summed E-state index contributed by atoms with van der Waals surface area (Å²) in [6.07, 6.45) is 0.683. The summed E-state index contributed by atoms with van der Waals surface area (Å²) in [6.45, 7) is 4.07. The molecular weight excluding hydrogens is 416 g/mol. The molecule has 0 unspecified atom stereocenters. The van der Waals surface area contributed by atoms with E-state index >= 15 is 0 Å². The molecule has 1 aliphatic rings. The van der Waals surface area contributed by atoms with Crippen LogP contribution in [0.25, 0.3) is 0 Å². The largest absolute Gasteiger partial charge is 0.492 e. The maximum absolute atomic E-state index is 12.7. The Kier molecular flexibility index (Phi) is 8.33. The van der Waals surface area contributed by atoms with Crippen LogP contribution in [0.1, 0.15) is 27.0 Å². The minimum absolute atomic E-state index is 0.129. The standard InChI is InChI=1S/C27H30N2O4/c30-27(29-12-14-32-25-7-2-1-3-8-25)23-9-10-26-24(19-23)18-21-5-4-6-22(17-21)20-28-11-13-31-15-16-33-26/h1-10,17,19,28H,11-16,18,20H2,(H,29,30). The molecule has 0 saturated carbocycles. The fourth-order valence-corrected chi connectivity index (χ4v) is 3.71. The molecule has 1 amide bonds. The number of carbonyl (C=O) groups excluding carboxylic acids is 1. The molecule has 6 heteroatoms. The minimum Gasteiger partial charge on any atom is -0.492 e. The molecule has 3 aromatic rings. The summed E-state index contributed by atoms with van der Waals surface area (Å²) < 4.78 is 17.3. The van der Waals surface area contributed by atoms with Crippen molar-refractivity contribution in [3.8, 4) is 11.5 Å². The molecule has 1 heterocycles. The first-order valence-corrected chi connectivity index (χ1v) is 11.4. The van der Waals surface area contributed by atoms with Gasteiger partial charge in [-0.2, -0.15) is 0 Å². The lowest BCUT2D eigenvalue weighted by molar-refractivity contribution is 0.0946. The van der Waals surface area contributed by atoms with Crippen LogP contribution in [0.15, 0.2) is 72.8 Å². The van der Waals surface area contributed by atoms with Crippen LogP contribution in [0, 0.1) is 0 Å². The highest BCUT2D eigenvalue weighted by Gasteiger charge is 2.12. The van der Waals surface area contributed by atoms with E-state index in [0.29, 0.717) is 45.0 Å². The molecule has 6 nitrogen and oxygen atoms in total. The molecule has 2 bridgehead atoms. The van der Waals surface area contributed by atoms with Gasteiger partial charge in [-0.15, -0.1) is 0 Å². The van der Waals surface area contributed by atoms with Crippen LogP contribution in [0.5, 0.6) is 11.5 Å². The second-order valence-corrected chi connectivity index (χ2v) is 7.87. The highest BCUT2D eigenvalue weighted by atomic mass is 16.5. The third kappa shape index (κ3) is 7.07. The lowest BCUT2D eigenvalue weighted by Gasteiger charge is -2.15. The number of nitrogens with one attached hydrogen (secondary N) is 2. The average molecular weight is 447 g/mol. The van der Waals surface area contributed by atoms with Crippen LogP contribution in [-0.4, -0.2) is 45.4 Å². The van der Waals surface area contributed by atoms with Crippen LogP contribution in [0.3, 0.4) is 0 Å². The maximum Gasteiger partial charge on any atom is 0.251 e. The van der Waals surface area contributed by atoms with E-state index in [1.54, 1.807) is 6.07 Å². The van der Waals surface area contributed by atoms with Crippen molar-refractivity contribution >= 4 is 5.91 Å². The average Bonchev–Trinajstić information content (AvgIpc) is 2.84. The van der Waals surface area contributed by atoms with Gasteiger partial charge >= 0.3 is 0 Å². The van der Waals surface area contributed by atoms with Crippen LogP contribution < -0.4 is 20.1 Å². The van der Waals surface area contributed by atoms with E-state index in [1.165, 1.54) is 11.1 Å². The number of rotatable bonds is 5. The Morgan fingerprint density at radius 1 is 0.939 bits per heavy atom. The lowest BCUT2D eigenvalue weighted by Crippen LogP contribution is -2.28. The topological polar surface area (TPSA) is 68.8 Å². The molecule has 0 saturated heterocycles. The fraction of sp³-hybridized carbons (Fsp3) is 0.296. The third-order valence-electron chi connectivity index (χ3n) is 5.35. The Hall–Kier alpha value is -3.35. The molecule has 172 valence electrons. The smallest absolute Gasteiger partial charge is 0.251 e. The van der Waals surface area contributed by atoms with Gasteiger partial charge in [-0.25, -0.2) is 0 Å². The fourth-order valence-electron chi connectivity index (χ4n) is 3.71. The number of fused-ring (bicyclic) bond motifs is 3. The number of para-hydroxylation sites is 1. The first-order valence-electron chi connectivity index (χ1n) is 11.4. The molecule has 4 rings (SSSR count). The van der Waals surface area contributed by atoms with Gasteiger partial charge in [-0.3, -0.25) is 4.79 Å². The molecule has 3 aromatic carbocycles. The summed E-state index contributed by atoms with van der Waals surface area (Å²) in [6, 6.07) is 23.6. The molecule has 0 spiro atoms. The van der Waals surface area contributed by atoms with Gasteiger partial charge in [0.25, 0.3) is 5.91 Å². The lowest BCUT2D eigenvalue weighted by atomic mass is 9.99. The zero-order valence-corrected chi connectivity index (χ0v) is 18.7. The maximum atomic E-state index is 12.7. The predicted octanol–water partition coefficient (Wildman–Crippen LogP) is 3.58. The number of hydrogen-bond donors (Lipinski definition) is 2. The third-order valence-corrected chi connectivity index (χ3v) is 5.35. The first kappa shape index (κ1) is 22.8. The zero-order chi connectivity index (χ0) is 22.7. The van der Waals surface area contributed by atoms with E-state index in [9.17, 15) is 4.79 Å². The highest BCUT2D eigenvalue weighted by Crippen LogP contribution is 2.24. The quantitative estimate of drug-likeness (QED) is 0.587. The molecular formula is C27H30N2O4. The van der Waals surface area contributed by atoms with Crippen molar-refractivity contribution in [1.82, 2.24) is 10.6 Å². The number of hydrogen-bond acceptors (Lipinski definition) is 5. The van der Waals surface area contributed by atoms with Gasteiger partial charge in [0.15, 0.2) is 0 Å². The van der Waals surface area contributed by atoms with Crippen molar-refractivity contribution in [3.63, 3.8) is 0 Å². The van der Waals surface area contributed by atoms with Gasteiger partial charge in [-0.1, -0.05) is 42.5 Å². The SMILES string of the molecule is O=C(NCCOc1ccccc1)c1ccc2c(c1)Cc1cccc(c1)CNCCOCCO2. The number of carbonyl (C=O) groups is 1. The van der Waals surface area contributed by atoms with Crippen molar-refractivity contribution < 1.29 is 19.0 Å². The van der Waals surface area contributed by atoms with E-state index in [2.05, 4.69) is 34.9 Å². The molecule has 0 fully saturated rings. The van der Waals surface area contributed by atoms with E-state index in [1.807, 2.05) is 42.5 Å². The van der Waals surface area contributed by atoms with Crippen molar-refractivity contribution in [2.45, 2.75) is 13.0 Å². The molecule has 1 aliphatic heterocycles. The molecule has 0 atom stereocenters. The van der Waals surface area contributed by atoms with Crippen molar-refractivity contribution in [3.05, 3.63) is 95.1 Å². The molecule has 0 aromatic heterocycles. The van der Waals surface area contributed by atoms with Crippen LogP contribution >= 0.6 is 0 Å². The van der Waals surface area contributed by atoms with Gasteiger partial charge in [0.2, 0.25) is 0 Å². The van der Waals surface area contributed by atoms with E-state index in [-0.39, 0.29) is 5.91 Å². The van der Waals surface area contributed by atoms with Crippen LogP contribution in [0.2, 0.25) is 0 Å². The zero-order valence-electron chi connectivity index (χ0n) is 18.7. The summed E-state index contributed by atoms with van der Waals surface area (Å²) in [5.74, 6) is 1.44. The Morgan fingerprint density at radius 3 is 2.73 bits per heavy atom. The second kappa shape index (κ2) is 12.0. The Bertz CT molecular complexity index is 1040. The molecule has 0 radical (unpaired) electrons. The Labute approximate surface area is 194 Å². The summed E-state index contributed by atoms with van der Waals surface area (Å²) >= 11 is 0. The number of ether oxygens (including phenoxy) is 3. The van der Waals surface area contributed by atoms with Gasteiger partial charge < -0.3 is 24.8 Å². The first-order chi connectivity index (χ1) is 16.3. The van der Waals surface area contributed by atoms with Crippen molar-refractivity contribution in [1.29, 1.82) is 0 Å². The minimum atomic E-state index is -0.129. The predicted molar refractivity (Wildman–Crippen MR) is 128 cm³/mol. The van der Waals surface area contributed by atoms with Crippen LogP contribution in [0.4, 0.5) is 0 Å². The highest BCUT2D eigenvalue weighted by molar-refractivity contribution is 5.94. The normalized spacial score (nSPS) is 14.3. The van der Waals surface area contributed by atoms with Gasteiger partial charge in [0.1, 0.15) is 24.7 Å². The monoisotopic (exact) mass is 446 g/mol. The molecule has 33 heavy (non-hydrogen) atoms. The van der Waals surface area contributed by atoms with Crippen molar-refractivity contribution in [2.75, 3.05) is 39.5 Å². The van der Waals surface area contributed by atoms with Gasteiger partial charge in [-0.05, 0) is 47.0 Å². The van der Waals surface area contributed by atoms with Crippen LogP contribution in [-0.2, 0) is 17.7 Å². The Morgan fingerprint density at radius 2 is 1.82 bits per heavy atom. The molecule has 2 N–H and O–H groups in total. The van der Waals surface area contributed by atoms with Crippen molar-refractivity contribution in [2.24, 2.45) is 0 Å². The van der Waals surface area contributed by atoms with E-state index in [0.717, 1.165) is 30.2 Å².